The van der Waals surface area contributed by atoms with Gasteiger partial charge in [0.05, 0.1) is 20.1 Å². The summed E-state index contributed by atoms with van der Waals surface area (Å²) in [5, 5.41) is 3.03. The number of carbonyl (C=O) groups is 1. The lowest BCUT2D eigenvalue weighted by molar-refractivity contribution is -0.898. The Morgan fingerprint density at radius 3 is 1.47 bits per heavy atom. The summed E-state index contributed by atoms with van der Waals surface area (Å²) in [5.41, 5.74) is 0. The summed E-state index contributed by atoms with van der Waals surface area (Å²) in [6, 6.07) is 0. The lowest BCUT2D eigenvalue weighted by atomic mass is 10.0. The largest absolute Gasteiger partial charge is 0.381 e. The molecule has 0 rings (SSSR count). The zero-order valence-electron chi connectivity index (χ0n) is 22.5. The van der Waals surface area contributed by atoms with Crippen LogP contribution in [0.4, 0.5) is 0 Å². The number of hydrogen-bond donors (Lipinski definition) is 1. The number of nitrogens with one attached hydrogen (secondary N) is 1. The summed E-state index contributed by atoms with van der Waals surface area (Å²) in [6.45, 7) is 11.5. The fraction of sp³-hybridized carbons (Fsp3) is 0.964. The molecule has 0 radical (unpaired) electrons. The van der Waals surface area contributed by atoms with Crippen molar-refractivity contribution in [1.29, 1.82) is 0 Å². The molecule has 4 nitrogen and oxygen atoms in total. The van der Waals surface area contributed by atoms with Gasteiger partial charge >= 0.3 is 0 Å². The molecule has 0 aromatic heterocycles. The lowest BCUT2D eigenvalue weighted by Gasteiger charge is -2.31. The van der Waals surface area contributed by atoms with Crippen molar-refractivity contribution >= 4 is 5.91 Å². The molecule has 0 saturated heterocycles. The molecule has 0 saturated carbocycles. The topological polar surface area (TPSA) is 38.3 Å². The predicted molar refractivity (Wildman–Crippen MR) is 140 cm³/mol. The summed E-state index contributed by atoms with van der Waals surface area (Å²) < 4.78 is 6.53. The molecular formula is C28H59N2O2+. The van der Waals surface area contributed by atoms with Gasteiger partial charge in [0.15, 0.2) is 6.54 Å². The Morgan fingerprint density at radius 1 is 0.625 bits per heavy atom. The van der Waals surface area contributed by atoms with E-state index in [1.54, 1.807) is 0 Å². The monoisotopic (exact) mass is 455 g/mol. The minimum atomic E-state index is 0.161. The molecule has 0 aliphatic heterocycles. The van der Waals surface area contributed by atoms with E-state index in [0.717, 1.165) is 43.8 Å². The summed E-state index contributed by atoms with van der Waals surface area (Å²) >= 11 is 0. The summed E-state index contributed by atoms with van der Waals surface area (Å²) in [5.74, 6) is 0.161. The van der Waals surface area contributed by atoms with Crippen LogP contribution >= 0.6 is 0 Å². The van der Waals surface area contributed by atoms with Crippen molar-refractivity contribution in [2.24, 2.45) is 0 Å². The number of ether oxygens (including phenoxy) is 1. The van der Waals surface area contributed by atoms with Gasteiger partial charge in [0.2, 0.25) is 0 Å². The van der Waals surface area contributed by atoms with E-state index in [1.165, 1.54) is 103 Å². The van der Waals surface area contributed by atoms with Crippen molar-refractivity contribution in [2.45, 2.75) is 130 Å². The summed E-state index contributed by atoms with van der Waals surface area (Å²) in [7, 11) is 2.14. The normalized spacial score (nSPS) is 11.8. The third-order valence-electron chi connectivity index (χ3n) is 6.98. The predicted octanol–water partition coefficient (Wildman–Crippen LogP) is 7.26. The lowest BCUT2D eigenvalue weighted by Crippen LogP contribution is -2.50. The maximum atomic E-state index is 12.0. The van der Waals surface area contributed by atoms with Gasteiger partial charge in [0.25, 0.3) is 5.91 Å². The fourth-order valence-electron chi connectivity index (χ4n) is 4.11. The number of amides is 1. The van der Waals surface area contributed by atoms with E-state index in [9.17, 15) is 4.79 Å². The van der Waals surface area contributed by atoms with Gasteiger partial charge in [-0.05, 0) is 26.7 Å². The molecule has 0 heterocycles. The van der Waals surface area contributed by atoms with Crippen LogP contribution in [0.1, 0.15) is 130 Å². The average molecular weight is 456 g/mol. The van der Waals surface area contributed by atoms with Gasteiger partial charge in [0, 0.05) is 19.8 Å². The van der Waals surface area contributed by atoms with E-state index in [0.29, 0.717) is 6.54 Å². The van der Waals surface area contributed by atoms with Gasteiger partial charge in [0.1, 0.15) is 0 Å². The van der Waals surface area contributed by atoms with Crippen LogP contribution in [0, 0.1) is 0 Å². The SMILES string of the molecule is CCCCCCCCCCCCCCCCCCOCCCNC(=O)C[N+](C)(CC)CC. The van der Waals surface area contributed by atoms with Crippen LogP contribution in [0.2, 0.25) is 0 Å². The van der Waals surface area contributed by atoms with Crippen molar-refractivity contribution < 1.29 is 14.0 Å². The molecule has 0 aromatic rings. The highest BCUT2D eigenvalue weighted by molar-refractivity contribution is 5.77. The highest BCUT2D eigenvalue weighted by Crippen LogP contribution is 2.13. The standard InChI is InChI=1S/C28H58N2O2/c1-5-8-9-10-11-12-13-14-15-16-17-18-19-20-21-22-25-32-26-23-24-29-28(31)27-30(4,6-2)7-3/h5-27H2,1-4H3/p+1. The van der Waals surface area contributed by atoms with E-state index in [-0.39, 0.29) is 5.91 Å². The molecule has 192 valence electrons. The Kier molecular flexibility index (Phi) is 23.1. The van der Waals surface area contributed by atoms with Crippen molar-refractivity contribution in [1.82, 2.24) is 5.32 Å². The number of likely N-dealkylation sites (N-methyl/N-ethyl adjacent to an activating group) is 1. The summed E-state index contributed by atoms with van der Waals surface area (Å²) in [4.78, 5) is 12.0. The van der Waals surface area contributed by atoms with Crippen LogP contribution in [-0.4, -0.2) is 56.8 Å². The van der Waals surface area contributed by atoms with Gasteiger partial charge in [-0.2, -0.15) is 0 Å². The number of unbranched alkanes of at least 4 members (excludes halogenated alkanes) is 15. The molecule has 1 N–H and O–H groups in total. The first-order valence-corrected chi connectivity index (χ1v) is 14.3. The Balaban J connectivity index is 3.20. The van der Waals surface area contributed by atoms with Gasteiger partial charge in [-0.15, -0.1) is 0 Å². The number of rotatable bonds is 25. The minimum Gasteiger partial charge on any atom is -0.381 e. The fourth-order valence-corrected chi connectivity index (χ4v) is 4.11. The number of carbonyl (C=O) groups excluding carboxylic acids is 1. The minimum absolute atomic E-state index is 0.161. The molecule has 0 bridgehead atoms. The second-order valence-corrected chi connectivity index (χ2v) is 10.0. The zero-order chi connectivity index (χ0) is 23.8. The molecule has 1 amide bonds. The zero-order valence-corrected chi connectivity index (χ0v) is 22.5. The third kappa shape index (κ3) is 21.2. The van der Waals surface area contributed by atoms with Gasteiger partial charge in [-0.25, -0.2) is 0 Å². The van der Waals surface area contributed by atoms with Crippen LogP contribution in [0.25, 0.3) is 0 Å². The van der Waals surface area contributed by atoms with Crippen molar-refractivity contribution in [3.05, 3.63) is 0 Å². The molecule has 0 spiro atoms. The molecule has 32 heavy (non-hydrogen) atoms. The van der Waals surface area contributed by atoms with Crippen molar-refractivity contribution in [3.63, 3.8) is 0 Å². The summed E-state index contributed by atoms with van der Waals surface area (Å²) in [6.07, 6.45) is 23.3. The third-order valence-corrected chi connectivity index (χ3v) is 6.98. The first-order valence-electron chi connectivity index (χ1n) is 14.3. The van der Waals surface area contributed by atoms with E-state index in [2.05, 4.69) is 33.1 Å². The van der Waals surface area contributed by atoms with Crippen LogP contribution < -0.4 is 5.32 Å². The Labute approximate surface area is 201 Å². The van der Waals surface area contributed by atoms with Gasteiger partial charge in [-0.3, -0.25) is 4.79 Å². The highest BCUT2D eigenvalue weighted by atomic mass is 16.5. The van der Waals surface area contributed by atoms with Crippen LogP contribution in [0.3, 0.4) is 0 Å². The number of quaternary nitrogens is 1. The maximum absolute atomic E-state index is 12.0. The van der Waals surface area contributed by atoms with E-state index in [4.69, 9.17) is 4.74 Å². The highest BCUT2D eigenvalue weighted by Gasteiger charge is 2.20. The smallest absolute Gasteiger partial charge is 0.275 e. The first-order chi connectivity index (χ1) is 15.6. The molecule has 4 heteroatoms. The molecule has 0 aliphatic carbocycles. The second-order valence-electron chi connectivity index (χ2n) is 10.0. The van der Waals surface area contributed by atoms with E-state index >= 15 is 0 Å². The van der Waals surface area contributed by atoms with Gasteiger partial charge < -0.3 is 14.5 Å². The maximum Gasteiger partial charge on any atom is 0.275 e. The van der Waals surface area contributed by atoms with Crippen LogP contribution in [0.5, 0.6) is 0 Å². The van der Waals surface area contributed by atoms with Crippen molar-refractivity contribution in [2.75, 3.05) is 46.4 Å². The number of hydrogen-bond acceptors (Lipinski definition) is 2. The van der Waals surface area contributed by atoms with E-state index < -0.39 is 0 Å². The Hall–Kier alpha value is -0.610. The molecular weight excluding hydrogens is 396 g/mol. The van der Waals surface area contributed by atoms with Crippen LogP contribution in [-0.2, 0) is 9.53 Å². The average Bonchev–Trinajstić information content (AvgIpc) is 2.80. The van der Waals surface area contributed by atoms with Gasteiger partial charge in [-0.1, -0.05) is 103 Å². The second kappa shape index (κ2) is 23.5. The molecule has 0 aliphatic rings. The Bertz CT molecular complexity index is 397. The Morgan fingerprint density at radius 2 is 1.03 bits per heavy atom. The van der Waals surface area contributed by atoms with E-state index in [1.807, 2.05) is 0 Å². The first kappa shape index (κ1) is 31.4. The molecule has 0 unspecified atom stereocenters. The van der Waals surface area contributed by atoms with Crippen molar-refractivity contribution in [3.8, 4) is 0 Å². The number of nitrogens with zero attached hydrogens (tertiary/aromatic N) is 1. The quantitative estimate of drug-likeness (QED) is 0.116. The molecule has 0 fully saturated rings. The van der Waals surface area contributed by atoms with Crippen LogP contribution in [0.15, 0.2) is 0 Å². The molecule has 0 aromatic carbocycles. The molecule has 0 atom stereocenters.